The van der Waals surface area contributed by atoms with Crippen molar-refractivity contribution in [2.75, 3.05) is 17.3 Å². The van der Waals surface area contributed by atoms with Gasteiger partial charge in [-0.15, -0.1) is 0 Å². The highest BCUT2D eigenvalue weighted by Crippen LogP contribution is 2.15. The van der Waals surface area contributed by atoms with E-state index >= 15 is 0 Å². The zero-order chi connectivity index (χ0) is 21.5. The molecule has 7 heteroatoms. The van der Waals surface area contributed by atoms with Crippen LogP contribution in [0, 0.1) is 27.7 Å². The molecule has 3 rings (SSSR count). The van der Waals surface area contributed by atoms with Gasteiger partial charge in [-0.3, -0.25) is 4.79 Å². The van der Waals surface area contributed by atoms with E-state index in [0.29, 0.717) is 11.7 Å². The largest absolute Gasteiger partial charge is 0.484 e. The Kier molecular flexibility index (Phi) is 6.75. The number of ether oxygens (including phenoxy) is 1. The van der Waals surface area contributed by atoms with Crippen LogP contribution >= 0.6 is 0 Å². The van der Waals surface area contributed by atoms with Gasteiger partial charge >= 0.3 is 0 Å². The summed E-state index contributed by atoms with van der Waals surface area (Å²) in [5.41, 5.74) is 8.45. The SMILES string of the molecule is Cc1cc(C)nc(N/N=C/c2cccc(OCC(=O)Nc3ccc(C)c(C)c3)c2)n1. The number of hydrogen-bond donors (Lipinski definition) is 2. The molecule has 1 aromatic heterocycles. The number of carbonyl (C=O) groups excluding carboxylic acids is 1. The summed E-state index contributed by atoms with van der Waals surface area (Å²) < 4.78 is 5.61. The Labute approximate surface area is 176 Å². The lowest BCUT2D eigenvalue weighted by atomic mass is 10.1. The molecule has 0 saturated carbocycles. The molecule has 1 amide bonds. The van der Waals surface area contributed by atoms with Gasteiger partial charge in [0.2, 0.25) is 5.95 Å². The van der Waals surface area contributed by atoms with Crippen LogP contribution in [0.1, 0.15) is 28.1 Å². The van der Waals surface area contributed by atoms with E-state index in [2.05, 4.69) is 25.8 Å². The van der Waals surface area contributed by atoms with Crippen LogP contribution in [0.4, 0.5) is 11.6 Å². The fourth-order valence-corrected chi connectivity index (χ4v) is 2.79. The first kappa shape index (κ1) is 21.0. The van der Waals surface area contributed by atoms with Gasteiger partial charge < -0.3 is 10.1 Å². The minimum atomic E-state index is -0.217. The minimum Gasteiger partial charge on any atom is -0.484 e. The molecule has 7 nitrogen and oxygen atoms in total. The molecule has 0 aliphatic rings. The topological polar surface area (TPSA) is 88.5 Å². The summed E-state index contributed by atoms with van der Waals surface area (Å²) >= 11 is 0. The van der Waals surface area contributed by atoms with Crippen molar-refractivity contribution in [3.8, 4) is 5.75 Å². The first-order valence-corrected chi connectivity index (χ1v) is 9.60. The van der Waals surface area contributed by atoms with E-state index < -0.39 is 0 Å². The van der Waals surface area contributed by atoms with Crippen LogP contribution in [0.2, 0.25) is 0 Å². The van der Waals surface area contributed by atoms with Gasteiger partial charge in [0, 0.05) is 17.1 Å². The highest BCUT2D eigenvalue weighted by Gasteiger charge is 2.05. The third-order valence-corrected chi connectivity index (χ3v) is 4.38. The molecule has 154 valence electrons. The Morgan fingerprint density at radius 3 is 2.50 bits per heavy atom. The van der Waals surface area contributed by atoms with Crippen molar-refractivity contribution >= 4 is 23.8 Å². The smallest absolute Gasteiger partial charge is 0.262 e. The van der Waals surface area contributed by atoms with Crippen LogP contribution in [-0.2, 0) is 4.79 Å². The van der Waals surface area contributed by atoms with Crippen LogP contribution < -0.4 is 15.5 Å². The van der Waals surface area contributed by atoms with Crippen molar-refractivity contribution < 1.29 is 9.53 Å². The lowest BCUT2D eigenvalue weighted by Crippen LogP contribution is -2.20. The Morgan fingerprint density at radius 2 is 1.77 bits per heavy atom. The van der Waals surface area contributed by atoms with Crippen LogP contribution in [-0.4, -0.2) is 28.7 Å². The van der Waals surface area contributed by atoms with Crippen molar-refractivity contribution in [1.29, 1.82) is 0 Å². The van der Waals surface area contributed by atoms with Crippen LogP contribution in [0.3, 0.4) is 0 Å². The predicted molar refractivity (Wildman–Crippen MR) is 119 cm³/mol. The third kappa shape index (κ3) is 6.13. The molecule has 0 fully saturated rings. The molecule has 1 heterocycles. The van der Waals surface area contributed by atoms with Gasteiger partial charge in [-0.25, -0.2) is 15.4 Å². The molecule has 3 aromatic rings. The van der Waals surface area contributed by atoms with Gasteiger partial charge in [-0.1, -0.05) is 18.2 Å². The highest BCUT2D eigenvalue weighted by atomic mass is 16.5. The number of nitrogens with one attached hydrogen (secondary N) is 2. The number of anilines is 2. The van der Waals surface area contributed by atoms with Gasteiger partial charge in [-0.2, -0.15) is 5.10 Å². The maximum absolute atomic E-state index is 12.2. The minimum absolute atomic E-state index is 0.0812. The first-order valence-electron chi connectivity index (χ1n) is 9.60. The van der Waals surface area contributed by atoms with E-state index in [9.17, 15) is 4.79 Å². The maximum Gasteiger partial charge on any atom is 0.262 e. The number of aromatic nitrogens is 2. The maximum atomic E-state index is 12.2. The molecule has 2 N–H and O–H groups in total. The van der Waals surface area contributed by atoms with E-state index in [1.54, 1.807) is 18.3 Å². The number of aryl methyl sites for hydroxylation is 4. The average Bonchev–Trinajstić information content (AvgIpc) is 2.69. The molecule has 0 atom stereocenters. The van der Waals surface area contributed by atoms with E-state index in [1.165, 1.54) is 5.56 Å². The molecular weight excluding hydrogens is 378 g/mol. The Hall–Kier alpha value is -3.74. The summed E-state index contributed by atoms with van der Waals surface area (Å²) in [5, 5.41) is 7.01. The summed E-state index contributed by atoms with van der Waals surface area (Å²) in [5.74, 6) is 0.807. The molecular formula is C23H25N5O2. The second-order valence-corrected chi connectivity index (χ2v) is 7.05. The molecule has 0 unspecified atom stereocenters. The van der Waals surface area contributed by atoms with E-state index in [1.807, 2.05) is 64.1 Å². The van der Waals surface area contributed by atoms with Crippen molar-refractivity contribution in [3.63, 3.8) is 0 Å². The van der Waals surface area contributed by atoms with Crippen molar-refractivity contribution in [2.45, 2.75) is 27.7 Å². The number of hydrogen-bond acceptors (Lipinski definition) is 6. The average molecular weight is 403 g/mol. The number of amides is 1. The molecule has 0 radical (unpaired) electrons. The fourth-order valence-electron chi connectivity index (χ4n) is 2.79. The zero-order valence-corrected chi connectivity index (χ0v) is 17.6. The van der Waals surface area contributed by atoms with Crippen LogP contribution in [0.5, 0.6) is 5.75 Å². The van der Waals surface area contributed by atoms with E-state index in [4.69, 9.17) is 4.74 Å². The second kappa shape index (κ2) is 9.65. The second-order valence-electron chi connectivity index (χ2n) is 7.05. The van der Waals surface area contributed by atoms with Gasteiger partial charge in [0.15, 0.2) is 6.61 Å². The van der Waals surface area contributed by atoms with Crippen LogP contribution in [0.25, 0.3) is 0 Å². The summed E-state index contributed by atoms with van der Waals surface area (Å²) in [6, 6.07) is 15.0. The lowest BCUT2D eigenvalue weighted by molar-refractivity contribution is -0.118. The molecule has 0 spiro atoms. The van der Waals surface area contributed by atoms with Gasteiger partial charge in [0.05, 0.1) is 6.21 Å². The number of nitrogens with zero attached hydrogens (tertiary/aromatic N) is 3. The van der Waals surface area contributed by atoms with Gasteiger partial charge in [0.1, 0.15) is 5.75 Å². The van der Waals surface area contributed by atoms with Gasteiger partial charge in [0.25, 0.3) is 5.91 Å². The number of rotatable bonds is 7. The van der Waals surface area contributed by atoms with Crippen molar-refractivity contribution in [1.82, 2.24) is 9.97 Å². The predicted octanol–water partition coefficient (Wildman–Crippen LogP) is 4.17. The third-order valence-electron chi connectivity index (χ3n) is 4.38. The molecule has 0 aliphatic carbocycles. The first-order chi connectivity index (χ1) is 14.4. The van der Waals surface area contributed by atoms with Gasteiger partial charge in [-0.05, 0) is 74.7 Å². The van der Waals surface area contributed by atoms with E-state index in [0.717, 1.165) is 28.2 Å². The normalized spacial score (nSPS) is 10.8. The molecule has 0 aliphatic heterocycles. The Bertz CT molecular complexity index is 1060. The van der Waals surface area contributed by atoms with E-state index in [-0.39, 0.29) is 12.5 Å². The number of benzene rings is 2. The Morgan fingerprint density at radius 1 is 1.00 bits per heavy atom. The standard InChI is InChI=1S/C23H25N5O2/c1-15-8-9-20(10-16(15)2)27-22(29)14-30-21-7-5-6-19(12-21)13-24-28-23-25-17(3)11-18(4)26-23/h5-13H,14H2,1-4H3,(H,27,29)(H,25,26,28)/b24-13+. The van der Waals surface area contributed by atoms with Crippen molar-refractivity contribution in [3.05, 3.63) is 76.6 Å². The summed E-state index contributed by atoms with van der Waals surface area (Å²) in [6.45, 7) is 7.77. The molecule has 0 saturated heterocycles. The summed E-state index contributed by atoms with van der Waals surface area (Å²) in [4.78, 5) is 20.7. The molecule has 0 bridgehead atoms. The van der Waals surface area contributed by atoms with Crippen molar-refractivity contribution in [2.24, 2.45) is 5.10 Å². The highest BCUT2D eigenvalue weighted by molar-refractivity contribution is 5.92. The zero-order valence-electron chi connectivity index (χ0n) is 17.6. The number of hydrazone groups is 1. The fraction of sp³-hybridized carbons (Fsp3) is 0.217. The number of carbonyl (C=O) groups is 1. The monoisotopic (exact) mass is 403 g/mol. The molecule has 30 heavy (non-hydrogen) atoms. The molecule has 2 aromatic carbocycles. The quantitative estimate of drug-likeness (QED) is 0.456. The summed E-state index contributed by atoms with van der Waals surface area (Å²) in [7, 11) is 0. The Balaban J connectivity index is 1.54. The lowest BCUT2D eigenvalue weighted by Gasteiger charge is -2.09. The summed E-state index contributed by atoms with van der Waals surface area (Å²) in [6.07, 6.45) is 1.64. The van der Waals surface area contributed by atoms with Crippen LogP contribution in [0.15, 0.2) is 53.6 Å².